The summed E-state index contributed by atoms with van der Waals surface area (Å²) in [5.74, 6) is -0.729. The largest absolute Gasteiger partial charge is 0.508 e. The van der Waals surface area contributed by atoms with Gasteiger partial charge < -0.3 is 15.7 Å². The number of nitrogens with two attached hydrogens (primary N) is 1. The van der Waals surface area contributed by atoms with E-state index in [-0.39, 0.29) is 34.3 Å². The number of aryl methyl sites for hydroxylation is 1. The number of primary amides is 1. The molecular weight excluding hydrogens is 436 g/mol. The molecular formula is C24H20N6O4. The fourth-order valence-electron chi connectivity index (χ4n) is 4.26. The molecule has 1 aliphatic rings. The molecule has 1 saturated heterocycles. The second-order valence-electron chi connectivity index (χ2n) is 8.12. The lowest BCUT2D eigenvalue weighted by atomic mass is 9.98. The molecule has 170 valence electrons. The first-order chi connectivity index (χ1) is 16.3. The minimum atomic E-state index is -0.887. The Bertz CT molecular complexity index is 1590. The van der Waals surface area contributed by atoms with Crippen LogP contribution in [0.3, 0.4) is 0 Å². The average molecular weight is 456 g/mol. The lowest BCUT2D eigenvalue weighted by Crippen LogP contribution is -2.48. The number of nitrogens with zero attached hydrogens (tertiary/aromatic N) is 5. The Morgan fingerprint density at radius 1 is 1.18 bits per heavy atom. The summed E-state index contributed by atoms with van der Waals surface area (Å²) >= 11 is 0. The van der Waals surface area contributed by atoms with Crippen LogP contribution in [-0.4, -0.2) is 54.4 Å². The number of carbonyl (C=O) groups is 2. The van der Waals surface area contributed by atoms with Crippen molar-refractivity contribution in [3.63, 3.8) is 0 Å². The molecule has 3 N–H and O–H groups in total. The van der Waals surface area contributed by atoms with Gasteiger partial charge in [-0.2, -0.15) is 0 Å². The van der Waals surface area contributed by atoms with Gasteiger partial charge in [0.15, 0.2) is 5.65 Å². The van der Waals surface area contributed by atoms with E-state index >= 15 is 0 Å². The van der Waals surface area contributed by atoms with Crippen LogP contribution in [0.5, 0.6) is 5.75 Å². The number of fused-ring (bicyclic) bond motifs is 2. The van der Waals surface area contributed by atoms with Crippen LogP contribution in [0.15, 0.2) is 53.8 Å². The number of hydrogen-bond acceptors (Lipinski definition) is 7. The van der Waals surface area contributed by atoms with Gasteiger partial charge in [-0.1, -0.05) is 30.8 Å². The Balaban J connectivity index is 1.72. The van der Waals surface area contributed by atoms with E-state index in [1.165, 1.54) is 16.7 Å². The van der Waals surface area contributed by atoms with Crippen LogP contribution in [0.1, 0.15) is 28.1 Å². The van der Waals surface area contributed by atoms with Gasteiger partial charge in [0.1, 0.15) is 28.5 Å². The maximum atomic E-state index is 13.7. The summed E-state index contributed by atoms with van der Waals surface area (Å²) < 4.78 is 1.31. The highest BCUT2D eigenvalue weighted by Crippen LogP contribution is 2.29. The maximum Gasteiger partial charge on any atom is 0.270 e. The van der Waals surface area contributed by atoms with E-state index in [0.717, 1.165) is 5.39 Å². The van der Waals surface area contributed by atoms with Crippen molar-refractivity contribution in [1.29, 1.82) is 0 Å². The van der Waals surface area contributed by atoms with Crippen molar-refractivity contribution in [2.24, 2.45) is 5.73 Å². The van der Waals surface area contributed by atoms with Crippen LogP contribution in [-0.2, 0) is 4.79 Å². The molecule has 0 saturated carbocycles. The fourth-order valence-corrected chi connectivity index (χ4v) is 4.26. The van der Waals surface area contributed by atoms with Gasteiger partial charge in [0, 0.05) is 24.5 Å². The van der Waals surface area contributed by atoms with Gasteiger partial charge in [-0.25, -0.2) is 15.0 Å². The minimum Gasteiger partial charge on any atom is -0.508 e. The third-order valence-corrected chi connectivity index (χ3v) is 5.95. The van der Waals surface area contributed by atoms with Crippen LogP contribution in [0.2, 0.25) is 0 Å². The van der Waals surface area contributed by atoms with Crippen LogP contribution >= 0.6 is 0 Å². The van der Waals surface area contributed by atoms with E-state index in [1.54, 1.807) is 17.9 Å². The molecule has 0 aliphatic carbocycles. The predicted molar refractivity (Wildman–Crippen MR) is 125 cm³/mol. The summed E-state index contributed by atoms with van der Waals surface area (Å²) in [5, 5.41) is 11.6. The Morgan fingerprint density at radius 2 is 1.91 bits per heavy atom. The second kappa shape index (κ2) is 7.77. The van der Waals surface area contributed by atoms with Crippen molar-refractivity contribution in [2.75, 3.05) is 13.1 Å². The van der Waals surface area contributed by atoms with Crippen molar-refractivity contribution in [2.45, 2.75) is 12.8 Å². The number of benzene rings is 2. The number of hydrogen-bond donors (Lipinski definition) is 2. The number of carbonyl (C=O) groups excluding carboxylic acids is 2. The first-order valence-corrected chi connectivity index (χ1v) is 10.5. The molecule has 1 fully saturated rings. The number of amides is 2. The summed E-state index contributed by atoms with van der Waals surface area (Å²) in [4.78, 5) is 52.5. The number of aromatic nitrogens is 4. The predicted octanol–water partition coefficient (Wildman–Crippen LogP) is 1.55. The summed E-state index contributed by atoms with van der Waals surface area (Å²) in [7, 11) is 0. The lowest BCUT2D eigenvalue weighted by molar-refractivity contribution is -0.130. The molecule has 0 spiro atoms. The van der Waals surface area contributed by atoms with Crippen LogP contribution in [0.25, 0.3) is 27.5 Å². The normalized spacial score (nSPS) is 13.7. The van der Waals surface area contributed by atoms with Crippen LogP contribution < -0.4 is 11.3 Å². The SMILES string of the molecule is C=CC(=O)N1CC(c2nc(C(N)=O)c3c(=O)n(-c4cc(O)cc5ccccc45)c(C)nc3n2)C1. The van der Waals surface area contributed by atoms with E-state index in [2.05, 4.69) is 21.5 Å². The number of phenols is 1. The number of phenolic OH excluding ortho intramolecular Hbond substituents is 1. The molecule has 2 aromatic carbocycles. The standard InChI is InChI=1S/C24H20N6O4/c1-3-18(32)29-10-14(11-29)22-27-20(21(25)33)19-23(28-22)26-12(2)30(24(19)34)17-9-15(31)8-13-6-4-5-7-16(13)17/h3-9,14,31H,1,10-11H2,2H3,(H2,25,33). The van der Waals surface area contributed by atoms with Gasteiger partial charge in [-0.05, 0) is 24.5 Å². The van der Waals surface area contributed by atoms with Gasteiger partial charge in [-0.15, -0.1) is 0 Å². The quantitative estimate of drug-likeness (QED) is 0.443. The first kappa shape index (κ1) is 21.3. The molecule has 0 bridgehead atoms. The number of likely N-dealkylation sites (tertiary alicyclic amines) is 1. The van der Waals surface area contributed by atoms with Crippen molar-refractivity contribution in [3.05, 3.63) is 76.7 Å². The monoisotopic (exact) mass is 456 g/mol. The van der Waals surface area contributed by atoms with E-state index in [4.69, 9.17) is 5.73 Å². The Morgan fingerprint density at radius 3 is 2.62 bits per heavy atom. The molecule has 0 unspecified atom stereocenters. The van der Waals surface area contributed by atoms with Gasteiger partial charge >= 0.3 is 0 Å². The van der Waals surface area contributed by atoms with Gasteiger partial charge in [0.05, 0.1) is 11.6 Å². The third kappa shape index (κ3) is 3.27. The molecule has 10 heteroatoms. The smallest absolute Gasteiger partial charge is 0.270 e. The molecule has 1 aliphatic heterocycles. The Hall–Kier alpha value is -4.60. The maximum absolute atomic E-state index is 13.7. The van der Waals surface area contributed by atoms with Gasteiger partial charge in [0.25, 0.3) is 11.5 Å². The van der Waals surface area contributed by atoms with Gasteiger partial charge in [-0.3, -0.25) is 19.0 Å². The van der Waals surface area contributed by atoms with E-state index < -0.39 is 11.5 Å². The lowest BCUT2D eigenvalue weighted by Gasteiger charge is -2.37. The Kier molecular flexibility index (Phi) is 4.85. The highest BCUT2D eigenvalue weighted by atomic mass is 16.3. The second-order valence-corrected chi connectivity index (χ2v) is 8.12. The highest BCUT2D eigenvalue weighted by Gasteiger charge is 2.34. The highest BCUT2D eigenvalue weighted by molar-refractivity contribution is 6.02. The van der Waals surface area contributed by atoms with Crippen LogP contribution in [0.4, 0.5) is 0 Å². The molecule has 2 aromatic heterocycles. The van der Waals surface area contributed by atoms with E-state index in [0.29, 0.717) is 35.8 Å². The molecule has 3 heterocycles. The third-order valence-electron chi connectivity index (χ3n) is 5.95. The zero-order valence-electron chi connectivity index (χ0n) is 18.2. The summed E-state index contributed by atoms with van der Waals surface area (Å²) in [6.45, 7) is 5.83. The van der Waals surface area contributed by atoms with Crippen LogP contribution in [0, 0.1) is 6.92 Å². The zero-order chi connectivity index (χ0) is 24.1. The van der Waals surface area contributed by atoms with E-state index in [9.17, 15) is 19.5 Å². The minimum absolute atomic E-state index is 0.0228. The van der Waals surface area contributed by atoms with Crippen molar-refractivity contribution < 1.29 is 14.7 Å². The molecule has 34 heavy (non-hydrogen) atoms. The Labute approximate surface area is 193 Å². The fraction of sp³-hybridized carbons (Fsp3) is 0.167. The van der Waals surface area contributed by atoms with Crippen molar-refractivity contribution >= 4 is 33.6 Å². The van der Waals surface area contributed by atoms with Gasteiger partial charge in [0.2, 0.25) is 5.91 Å². The molecule has 5 rings (SSSR count). The average Bonchev–Trinajstić information content (AvgIpc) is 2.77. The van der Waals surface area contributed by atoms with Crippen molar-refractivity contribution in [3.8, 4) is 11.4 Å². The summed E-state index contributed by atoms with van der Waals surface area (Å²) in [5.41, 5.74) is 5.25. The summed E-state index contributed by atoms with van der Waals surface area (Å²) in [6, 6.07) is 10.3. The molecule has 0 radical (unpaired) electrons. The first-order valence-electron chi connectivity index (χ1n) is 10.5. The molecule has 4 aromatic rings. The molecule has 2 amide bonds. The summed E-state index contributed by atoms with van der Waals surface area (Å²) in [6.07, 6.45) is 1.23. The van der Waals surface area contributed by atoms with E-state index in [1.807, 2.05) is 24.3 Å². The number of aromatic hydroxyl groups is 1. The topological polar surface area (TPSA) is 144 Å². The molecule has 10 nitrogen and oxygen atoms in total. The number of rotatable bonds is 4. The van der Waals surface area contributed by atoms with Crippen molar-refractivity contribution in [1.82, 2.24) is 24.4 Å². The molecule has 0 atom stereocenters. The zero-order valence-corrected chi connectivity index (χ0v) is 18.2.